The van der Waals surface area contributed by atoms with Gasteiger partial charge in [-0.05, 0) is 49.2 Å². The molecule has 0 radical (unpaired) electrons. The van der Waals surface area contributed by atoms with E-state index < -0.39 is 9.84 Å². The van der Waals surface area contributed by atoms with Gasteiger partial charge in [0.15, 0.2) is 15.7 Å². The zero-order valence-electron chi connectivity index (χ0n) is 15.4. The fourth-order valence-electron chi connectivity index (χ4n) is 2.89. The van der Waals surface area contributed by atoms with Gasteiger partial charge in [-0.25, -0.2) is 13.4 Å². The molecule has 1 heterocycles. The molecule has 2 aromatic carbocycles. The van der Waals surface area contributed by atoms with Crippen LogP contribution >= 0.6 is 11.6 Å². The van der Waals surface area contributed by atoms with Crippen molar-refractivity contribution in [1.82, 2.24) is 15.2 Å². The van der Waals surface area contributed by atoms with E-state index in [0.29, 0.717) is 22.5 Å². The second-order valence-corrected chi connectivity index (χ2v) is 9.52. The van der Waals surface area contributed by atoms with E-state index in [1.807, 2.05) is 6.07 Å². The largest absolute Gasteiger partial charge is 0.326 e. The number of halogens is 1. The van der Waals surface area contributed by atoms with Crippen LogP contribution in [0, 0.1) is 0 Å². The van der Waals surface area contributed by atoms with Gasteiger partial charge in [0.25, 0.3) is 0 Å². The summed E-state index contributed by atoms with van der Waals surface area (Å²) in [6.07, 6.45) is 2.11. The van der Waals surface area contributed by atoms with Crippen molar-refractivity contribution in [1.29, 1.82) is 0 Å². The average molecular weight is 431 g/mol. The van der Waals surface area contributed by atoms with Crippen molar-refractivity contribution in [3.05, 3.63) is 59.4 Å². The normalized spacial score (nSPS) is 14.0. The minimum absolute atomic E-state index is 0.146. The summed E-state index contributed by atoms with van der Waals surface area (Å²) in [5.41, 5.74) is 1.34. The first-order valence-electron chi connectivity index (χ1n) is 9.22. The average Bonchev–Trinajstić information content (AvgIpc) is 3.44. The molecule has 29 heavy (non-hydrogen) atoms. The molecule has 0 bridgehead atoms. The molecule has 1 aromatic heterocycles. The number of aromatic amines is 1. The van der Waals surface area contributed by atoms with E-state index >= 15 is 0 Å². The van der Waals surface area contributed by atoms with Crippen molar-refractivity contribution in [2.75, 3.05) is 11.1 Å². The van der Waals surface area contributed by atoms with Gasteiger partial charge in [0.1, 0.15) is 5.82 Å². The van der Waals surface area contributed by atoms with Gasteiger partial charge < -0.3 is 5.32 Å². The highest BCUT2D eigenvalue weighted by Gasteiger charge is 2.27. The molecule has 0 atom stereocenters. The molecule has 0 saturated heterocycles. The van der Waals surface area contributed by atoms with E-state index in [9.17, 15) is 13.2 Å². The maximum atomic E-state index is 12.4. The minimum atomic E-state index is -3.56. The Kier molecular flexibility index (Phi) is 5.38. The molecular weight excluding hydrogens is 412 g/mol. The van der Waals surface area contributed by atoms with Crippen molar-refractivity contribution in [2.24, 2.45) is 0 Å². The molecule has 1 amide bonds. The van der Waals surface area contributed by atoms with Crippen LogP contribution < -0.4 is 5.32 Å². The van der Waals surface area contributed by atoms with Gasteiger partial charge >= 0.3 is 0 Å². The van der Waals surface area contributed by atoms with Gasteiger partial charge in [0.2, 0.25) is 5.91 Å². The summed E-state index contributed by atoms with van der Waals surface area (Å²) >= 11 is 5.79. The molecule has 1 fully saturated rings. The minimum Gasteiger partial charge on any atom is -0.326 e. The lowest BCUT2D eigenvalue weighted by Gasteiger charge is -2.07. The number of amides is 1. The summed E-state index contributed by atoms with van der Waals surface area (Å²) in [6, 6.07) is 13.1. The first-order chi connectivity index (χ1) is 13.9. The number of benzene rings is 2. The Balaban J connectivity index is 1.38. The van der Waals surface area contributed by atoms with Crippen LogP contribution in [0.25, 0.3) is 11.4 Å². The quantitative estimate of drug-likeness (QED) is 0.593. The SMILES string of the molecule is O=C(CCS(=O)(=O)c1ccc(Cl)cc1)Nc1cccc(-c2n[nH]c(C3CC3)n2)c1. The van der Waals surface area contributed by atoms with Gasteiger partial charge in [-0.3, -0.25) is 9.89 Å². The van der Waals surface area contributed by atoms with E-state index in [0.717, 1.165) is 24.2 Å². The first-order valence-corrected chi connectivity index (χ1v) is 11.2. The number of carbonyl (C=O) groups excluding carboxylic acids is 1. The Bertz CT molecular complexity index is 1140. The van der Waals surface area contributed by atoms with Gasteiger partial charge in [-0.1, -0.05) is 23.7 Å². The predicted molar refractivity (Wildman–Crippen MR) is 111 cm³/mol. The van der Waals surface area contributed by atoms with E-state index in [2.05, 4.69) is 20.5 Å². The monoisotopic (exact) mass is 430 g/mol. The van der Waals surface area contributed by atoms with Crippen molar-refractivity contribution >= 4 is 33.0 Å². The topological polar surface area (TPSA) is 105 Å². The maximum absolute atomic E-state index is 12.4. The van der Waals surface area contributed by atoms with Crippen LogP contribution in [0.4, 0.5) is 5.69 Å². The fraction of sp³-hybridized carbons (Fsp3) is 0.250. The lowest BCUT2D eigenvalue weighted by atomic mass is 10.2. The number of H-pyrrole nitrogens is 1. The number of nitrogens with zero attached hydrogens (tertiary/aromatic N) is 2. The molecule has 9 heteroatoms. The number of rotatable bonds is 7. The number of hydrogen-bond acceptors (Lipinski definition) is 5. The Labute approximate surface area is 173 Å². The van der Waals surface area contributed by atoms with Crippen LogP contribution in [0.5, 0.6) is 0 Å². The van der Waals surface area contributed by atoms with Crippen LogP contribution in [0.1, 0.15) is 31.0 Å². The highest BCUT2D eigenvalue weighted by atomic mass is 35.5. The number of hydrogen-bond donors (Lipinski definition) is 2. The molecule has 0 unspecified atom stereocenters. The molecule has 2 N–H and O–H groups in total. The molecular formula is C20H19ClN4O3S. The maximum Gasteiger partial charge on any atom is 0.225 e. The van der Waals surface area contributed by atoms with Gasteiger partial charge in [-0.2, -0.15) is 5.10 Å². The smallest absolute Gasteiger partial charge is 0.225 e. The van der Waals surface area contributed by atoms with Gasteiger partial charge in [0, 0.05) is 28.6 Å². The summed E-state index contributed by atoms with van der Waals surface area (Å²) in [5.74, 6) is 1.27. The van der Waals surface area contributed by atoms with E-state index in [-0.39, 0.29) is 23.0 Å². The number of anilines is 1. The summed E-state index contributed by atoms with van der Waals surface area (Å²) in [4.78, 5) is 16.9. The molecule has 0 aliphatic heterocycles. The molecule has 7 nitrogen and oxygen atoms in total. The molecule has 1 saturated carbocycles. The van der Waals surface area contributed by atoms with Crippen molar-refractivity contribution < 1.29 is 13.2 Å². The number of sulfone groups is 1. The van der Waals surface area contributed by atoms with E-state index in [1.165, 1.54) is 24.3 Å². The van der Waals surface area contributed by atoms with Gasteiger partial charge in [0.05, 0.1) is 10.6 Å². The number of nitrogens with one attached hydrogen (secondary N) is 2. The summed E-state index contributed by atoms with van der Waals surface area (Å²) in [6.45, 7) is 0. The van der Waals surface area contributed by atoms with E-state index in [1.54, 1.807) is 18.2 Å². The standard InChI is InChI=1S/C20H19ClN4O3S/c21-15-6-8-17(9-7-15)29(27,28)11-10-18(26)22-16-3-1-2-14(12-16)20-23-19(24-25-20)13-4-5-13/h1-3,6-9,12-13H,4-5,10-11H2,(H,22,26)(H,23,24,25). The number of carbonyl (C=O) groups is 1. The third-order valence-electron chi connectivity index (χ3n) is 4.64. The molecule has 1 aliphatic carbocycles. The van der Waals surface area contributed by atoms with Crippen molar-refractivity contribution in [3.63, 3.8) is 0 Å². The van der Waals surface area contributed by atoms with Crippen molar-refractivity contribution in [3.8, 4) is 11.4 Å². The summed E-state index contributed by atoms with van der Waals surface area (Å²) in [7, 11) is -3.56. The second kappa shape index (κ2) is 7.96. The number of aromatic nitrogens is 3. The molecule has 1 aliphatic rings. The Morgan fingerprint density at radius 2 is 1.93 bits per heavy atom. The Hall–Kier alpha value is -2.71. The second-order valence-electron chi connectivity index (χ2n) is 6.97. The molecule has 150 valence electrons. The van der Waals surface area contributed by atoms with Crippen LogP contribution in [0.3, 0.4) is 0 Å². The summed E-state index contributed by atoms with van der Waals surface area (Å²) in [5, 5.41) is 10.4. The third kappa shape index (κ3) is 4.83. The van der Waals surface area contributed by atoms with Crippen LogP contribution in [-0.2, 0) is 14.6 Å². The zero-order chi connectivity index (χ0) is 20.4. The van der Waals surface area contributed by atoms with E-state index in [4.69, 9.17) is 11.6 Å². The van der Waals surface area contributed by atoms with Gasteiger partial charge in [-0.15, -0.1) is 0 Å². The Morgan fingerprint density at radius 3 is 2.66 bits per heavy atom. The highest BCUT2D eigenvalue weighted by molar-refractivity contribution is 7.91. The van der Waals surface area contributed by atoms with Crippen LogP contribution in [-0.4, -0.2) is 35.3 Å². The van der Waals surface area contributed by atoms with Crippen molar-refractivity contribution in [2.45, 2.75) is 30.1 Å². The predicted octanol–water partition coefficient (Wildman–Crippen LogP) is 3.81. The lowest BCUT2D eigenvalue weighted by molar-refractivity contribution is -0.115. The molecule has 3 aromatic rings. The highest BCUT2D eigenvalue weighted by Crippen LogP contribution is 2.38. The summed E-state index contributed by atoms with van der Waals surface area (Å²) < 4.78 is 24.7. The fourth-order valence-corrected chi connectivity index (χ4v) is 4.26. The molecule has 4 rings (SSSR count). The Morgan fingerprint density at radius 1 is 1.17 bits per heavy atom. The van der Waals surface area contributed by atoms with Crippen LogP contribution in [0.15, 0.2) is 53.4 Å². The molecule has 0 spiro atoms. The zero-order valence-corrected chi connectivity index (χ0v) is 17.0. The van der Waals surface area contributed by atoms with Crippen LogP contribution in [0.2, 0.25) is 5.02 Å². The first kappa shape index (κ1) is 19.6. The lowest BCUT2D eigenvalue weighted by Crippen LogP contribution is -2.17. The third-order valence-corrected chi connectivity index (χ3v) is 6.63.